The Bertz CT molecular complexity index is 550. The van der Waals surface area contributed by atoms with Crippen molar-refractivity contribution >= 4 is 17.5 Å². The van der Waals surface area contributed by atoms with Crippen LogP contribution in [0, 0.1) is 0 Å². The Morgan fingerprint density at radius 3 is 3.00 bits per heavy atom. The minimum absolute atomic E-state index is 0.00283. The minimum Gasteiger partial charge on any atom is -0.335 e. The molecule has 2 amide bonds. The van der Waals surface area contributed by atoms with Gasteiger partial charge in [0.15, 0.2) is 0 Å². The van der Waals surface area contributed by atoms with Crippen molar-refractivity contribution in [1.29, 1.82) is 0 Å². The SMILES string of the molecule is CCN(C(=O)c1ccc2c(c1)CC(=O)N2)C1CCNC1. The Kier molecular flexibility index (Phi) is 3.44. The van der Waals surface area contributed by atoms with E-state index in [0.717, 1.165) is 30.8 Å². The van der Waals surface area contributed by atoms with E-state index < -0.39 is 0 Å². The summed E-state index contributed by atoms with van der Waals surface area (Å²) in [7, 11) is 0. The summed E-state index contributed by atoms with van der Waals surface area (Å²) in [4.78, 5) is 25.9. The zero-order valence-electron chi connectivity index (χ0n) is 11.6. The van der Waals surface area contributed by atoms with Gasteiger partial charge in [-0.3, -0.25) is 9.59 Å². The number of carbonyl (C=O) groups is 2. The molecule has 0 aromatic heterocycles. The number of anilines is 1. The largest absolute Gasteiger partial charge is 0.335 e. The number of hydrogen-bond donors (Lipinski definition) is 2. The van der Waals surface area contributed by atoms with Crippen LogP contribution in [-0.2, 0) is 11.2 Å². The lowest BCUT2D eigenvalue weighted by Crippen LogP contribution is -2.41. The maximum Gasteiger partial charge on any atom is 0.254 e. The van der Waals surface area contributed by atoms with Crippen LogP contribution in [0.3, 0.4) is 0 Å². The highest BCUT2D eigenvalue weighted by atomic mass is 16.2. The van der Waals surface area contributed by atoms with Crippen LogP contribution in [0.15, 0.2) is 18.2 Å². The van der Waals surface area contributed by atoms with Gasteiger partial charge < -0.3 is 15.5 Å². The van der Waals surface area contributed by atoms with Crippen molar-refractivity contribution in [2.45, 2.75) is 25.8 Å². The fraction of sp³-hybridized carbons (Fsp3) is 0.467. The average Bonchev–Trinajstić information content (AvgIpc) is 3.06. The standard InChI is InChI=1S/C15H19N3O2/c1-2-18(12-5-6-16-9-12)15(20)10-3-4-13-11(7-10)8-14(19)17-13/h3-4,7,12,16H,2,5-6,8-9H2,1H3,(H,17,19). The van der Waals surface area contributed by atoms with E-state index in [4.69, 9.17) is 0 Å². The zero-order chi connectivity index (χ0) is 14.1. The molecule has 2 aliphatic heterocycles. The lowest BCUT2D eigenvalue weighted by atomic mass is 10.1. The Morgan fingerprint density at radius 1 is 1.45 bits per heavy atom. The lowest BCUT2D eigenvalue weighted by molar-refractivity contribution is -0.115. The van der Waals surface area contributed by atoms with Crippen molar-refractivity contribution in [1.82, 2.24) is 10.2 Å². The molecule has 20 heavy (non-hydrogen) atoms. The molecule has 1 saturated heterocycles. The molecule has 0 radical (unpaired) electrons. The normalized spacial score (nSPS) is 20.6. The van der Waals surface area contributed by atoms with E-state index >= 15 is 0 Å². The number of likely N-dealkylation sites (N-methyl/N-ethyl adjacent to an activating group) is 1. The van der Waals surface area contributed by atoms with Crippen molar-refractivity contribution in [3.8, 4) is 0 Å². The quantitative estimate of drug-likeness (QED) is 0.864. The second-order valence-electron chi connectivity index (χ2n) is 5.33. The summed E-state index contributed by atoms with van der Waals surface area (Å²) in [6, 6.07) is 5.76. The van der Waals surface area contributed by atoms with Gasteiger partial charge in [0.25, 0.3) is 5.91 Å². The van der Waals surface area contributed by atoms with E-state index in [1.54, 1.807) is 6.07 Å². The molecule has 1 unspecified atom stereocenters. The fourth-order valence-electron chi connectivity index (χ4n) is 3.00. The van der Waals surface area contributed by atoms with Gasteiger partial charge >= 0.3 is 0 Å². The molecule has 0 saturated carbocycles. The predicted octanol–water partition coefficient (Wildman–Crippen LogP) is 1.01. The molecule has 1 atom stereocenters. The first kappa shape index (κ1) is 13.1. The Balaban J connectivity index is 1.83. The van der Waals surface area contributed by atoms with Gasteiger partial charge in [-0.15, -0.1) is 0 Å². The number of carbonyl (C=O) groups excluding carboxylic acids is 2. The molecule has 1 fully saturated rings. The van der Waals surface area contributed by atoms with Crippen molar-refractivity contribution in [2.24, 2.45) is 0 Å². The smallest absolute Gasteiger partial charge is 0.254 e. The molecular weight excluding hydrogens is 254 g/mol. The molecule has 106 valence electrons. The number of rotatable bonds is 3. The van der Waals surface area contributed by atoms with Crippen LogP contribution in [-0.4, -0.2) is 42.4 Å². The third-order valence-electron chi connectivity index (χ3n) is 4.05. The van der Waals surface area contributed by atoms with Crippen LogP contribution in [0.4, 0.5) is 5.69 Å². The highest BCUT2D eigenvalue weighted by Gasteiger charge is 2.27. The van der Waals surface area contributed by atoms with Crippen molar-refractivity contribution in [3.05, 3.63) is 29.3 Å². The number of nitrogens with one attached hydrogen (secondary N) is 2. The summed E-state index contributed by atoms with van der Waals surface area (Å²) in [5.41, 5.74) is 2.42. The van der Waals surface area contributed by atoms with Gasteiger partial charge in [0.05, 0.1) is 6.42 Å². The van der Waals surface area contributed by atoms with E-state index in [9.17, 15) is 9.59 Å². The summed E-state index contributed by atoms with van der Waals surface area (Å²) in [6.45, 7) is 4.55. The minimum atomic E-state index is -0.00283. The number of nitrogens with zero attached hydrogens (tertiary/aromatic N) is 1. The van der Waals surface area contributed by atoms with E-state index in [0.29, 0.717) is 18.5 Å². The summed E-state index contributed by atoms with van der Waals surface area (Å²) >= 11 is 0. The molecule has 5 heteroatoms. The molecular formula is C15H19N3O2. The van der Waals surface area contributed by atoms with Crippen LogP contribution < -0.4 is 10.6 Å². The lowest BCUT2D eigenvalue weighted by Gasteiger charge is -2.27. The van der Waals surface area contributed by atoms with Crippen molar-refractivity contribution in [3.63, 3.8) is 0 Å². The maximum absolute atomic E-state index is 12.6. The molecule has 1 aromatic carbocycles. The van der Waals surface area contributed by atoms with Crippen LogP contribution in [0.25, 0.3) is 0 Å². The van der Waals surface area contributed by atoms with Crippen LogP contribution in [0.5, 0.6) is 0 Å². The molecule has 2 N–H and O–H groups in total. The number of fused-ring (bicyclic) bond motifs is 1. The number of benzene rings is 1. The van der Waals surface area contributed by atoms with Crippen molar-refractivity contribution < 1.29 is 9.59 Å². The van der Waals surface area contributed by atoms with E-state index in [2.05, 4.69) is 10.6 Å². The first-order chi connectivity index (χ1) is 9.69. The van der Waals surface area contributed by atoms with Crippen LogP contribution in [0.2, 0.25) is 0 Å². The average molecular weight is 273 g/mol. The molecule has 1 aromatic rings. The first-order valence-electron chi connectivity index (χ1n) is 7.13. The summed E-state index contributed by atoms with van der Waals surface area (Å²) in [5.74, 6) is 0.0558. The van der Waals surface area contributed by atoms with Crippen LogP contribution in [0.1, 0.15) is 29.3 Å². The molecule has 0 aliphatic carbocycles. The number of amides is 2. The monoisotopic (exact) mass is 273 g/mol. The zero-order valence-corrected chi connectivity index (χ0v) is 11.6. The fourth-order valence-corrected chi connectivity index (χ4v) is 3.00. The molecule has 0 bridgehead atoms. The van der Waals surface area contributed by atoms with E-state index in [1.807, 2.05) is 24.0 Å². The van der Waals surface area contributed by atoms with E-state index in [-0.39, 0.29) is 17.9 Å². The van der Waals surface area contributed by atoms with E-state index in [1.165, 1.54) is 0 Å². The van der Waals surface area contributed by atoms with Gasteiger partial charge in [-0.05, 0) is 43.7 Å². The van der Waals surface area contributed by atoms with Gasteiger partial charge in [-0.1, -0.05) is 0 Å². The van der Waals surface area contributed by atoms with Gasteiger partial charge in [0.1, 0.15) is 0 Å². The van der Waals surface area contributed by atoms with Gasteiger partial charge in [0, 0.05) is 30.4 Å². The second kappa shape index (κ2) is 5.25. The topological polar surface area (TPSA) is 61.4 Å². The Morgan fingerprint density at radius 2 is 2.30 bits per heavy atom. The third-order valence-corrected chi connectivity index (χ3v) is 4.05. The molecule has 2 heterocycles. The summed E-state index contributed by atoms with van der Waals surface area (Å²) < 4.78 is 0. The molecule has 3 rings (SSSR count). The van der Waals surface area contributed by atoms with Gasteiger partial charge in [-0.25, -0.2) is 0 Å². The predicted molar refractivity (Wildman–Crippen MR) is 76.8 cm³/mol. The molecule has 2 aliphatic rings. The Labute approximate surface area is 118 Å². The van der Waals surface area contributed by atoms with Crippen molar-refractivity contribution in [2.75, 3.05) is 25.0 Å². The summed E-state index contributed by atoms with van der Waals surface area (Å²) in [5, 5.41) is 6.08. The number of hydrogen-bond acceptors (Lipinski definition) is 3. The highest BCUT2D eigenvalue weighted by molar-refractivity contribution is 6.01. The highest BCUT2D eigenvalue weighted by Crippen LogP contribution is 2.25. The van der Waals surface area contributed by atoms with Gasteiger partial charge in [0.2, 0.25) is 5.91 Å². The van der Waals surface area contributed by atoms with Crippen LogP contribution >= 0.6 is 0 Å². The summed E-state index contributed by atoms with van der Waals surface area (Å²) in [6.07, 6.45) is 1.37. The first-order valence-corrected chi connectivity index (χ1v) is 7.13. The van der Waals surface area contributed by atoms with Gasteiger partial charge in [-0.2, -0.15) is 0 Å². The molecule has 0 spiro atoms. The second-order valence-corrected chi connectivity index (χ2v) is 5.33. The molecule has 5 nitrogen and oxygen atoms in total. The Hall–Kier alpha value is -1.88. The maximum atomic E-state index is 12.6. The third kappa shape index (κ3) is 2.29.